The molecule has 2 N–H and O–H groups in total. The molecule has 1 unspecified atom stereocenters. The van der Waals surface area contributed by atoms with Crippen molar-refractivity contribution in [3.05, 3.63) is 28.2 Å². The van der Waals surface area contributed by atoms with Gasteiger partial charge in [0, 0.05) is 17.4 Å². The van der Waals surface area contributed by atoms with Gasteiger partial charge in [0.2, 0.25) is 11.8 Å². The van der Waals surface area contributed by atoms with Gasteiger partial charge in [-0.15, -0.1) is 0 Å². The summed E-state index contributed by atoms with van der Waals surface area (Å²) in [4.78, 5) is 23.1. The third-order valence-electron chi connectivity index (χ3n) is 3.00. The van der Waals surface area contributed by atoms with Gasteiger partial charge in [-0.05, 0) is 24.6 Å². The first-order valence-corrected chi connectivity index (χ1v) is 6.66. The summed E-state index contributed by atoms with van der Waals surface area (Å²) in [6.07, 6.45) is 0.902. The molecule has 0 radical (unpaired) electrons. The molecule has 0 spiro atoms. The van der Waals surface area contributed by atoms with Crippen LogP contribution in [-0.2, 0) is 9.59 Å². The van der Waals surface area contributed by atoms with E-state index in [9.17, 15) is 9.59 Å². The molecule has 6 heteroatoms. The Morgan fingerprint density at radius 2 is 2.32 bits per heavy atom. The highest BCUT2D eigenvalue weighted by molar-refractivity contribution is 9.10. The zero-order valence-corrected chi connectivity index (χ0v) is 11.7. The Kier molecular flexibility index (Phi) is 4.17. The second kappa shape index (κ2) is 5.85. The maximum absolute atomic E-state index is 12.0. The number of benzene rings is 1. The van der Waals surface area contributed by atoms with Crippen molar-refractivity contribution in [2.75, 3.05) is 11.9 Å². The summed E-state index contributed by atoms with van der Waals surface area (Å²) in [5.74, 6) is -0.433. The van der Waals surface area contributed by atoms with Crippen LogP contribution >= 0.6 is 15.9 Å². The lowest BCUT2D eigenvalue weighted by molar-refractivity contribution is -0.126. The SMILES string of the molecule is N#Cc1cc(Br)ccc1NC(=O)C1CCC(=O)NC1. The van der Waals surface area contributed by atoms with E-state index in [1.54, 1.807) is 18.2 Å². The zero-order valence-electron chi connectivity index (χ0n) is 10.1. The summed E-state index contributed by atoms with van der Waals surface area (Å²) in [7, 11) is 0. The second-order valence-corrected chi connectivity index (χ2v) is 5.25. The van der Waals surface area contributed by atoms with Gasteiger partial charge in [-0.25, -0.2) is 0 Å². The Labute approximate surface area is 119 Å². The number of hydrogen-bond donors (Lipinski definition) is 2. The van der Waals surface area contributed by atoms with E-state index in [2.05, 4.69) is 26.6 Å². The molecule has 0 aliphatic carbocycles. The van der Waals surface area contributed by atoms with Gasteiger partial charge in [0.1, 0.15) is 6.07 Å². The van der Waals surface area contributed by atoms with Gasteiger partial charge in [-0.1, -0.05) is 15.9 Å². The van der Waals surface area contributed by atoms with E-state index in [-0.39, 0.29) is 17.7 Å². The van der Waals surface area contributed by atoms with Crippen molar-refractivity contribution < 1.29 is 9.59 Å². The molecule has 1 aliphatic heterocycles. The molecular weight excluding hydrogens is 310 g/mol. The molecule has 1 fully saturated rings. The first kappa shape index (κ1) is 13.6. The van der Waals surface area contributed by atoms with E-state index in [4.69, 9.17) is 5.26 Å². The predicted molar refractivity (Wildman–Crippen MR) is 73.2 cm³/mol. The van der Waals surface area contributed by atoms with E-state index in [1.165, 1.54) is 0 Å². The van der Waals surface area contributed by atoms with E-state index in [1.807, 2.05) is 6.07 Å². The number of halogens is 1. The van der Waals surface area contributed by atoms with Crippen LogP contribution in [0.3, 0.4) is 0 Å². The summed E-state index contributed by atoms with van der Waals surface area (Å²) in [6.45, 7) is 0.350. The first-order chi connectivity index (χ1) is 9.10. The lowest BCUT2D eigenvalue weighted by atomic mass is 9.98. The van der Waals surface area contributed by atoms with Gasteiger partial charge in [0.25, 0.3) is 0 Å². The summed E-state index contributed by atoms with van der Waals surface area (Å²) >= 11 is 3.28. The highest BCUT2D eigenvalue weighted by Gasteiger charge is 2.24. The fourth-order valence-corrected chi connectivity index (χ4v) is 2.27. The monoisotopic (exact) mass is 321 g/mol. The third-order valence-corrected chi connectivity index (χ3v) is 3.49. The van der Waals surface area contributed by atoms with Crippen molar-refractivity contribution in [3.8, 4) is 6.07 Å². The zero-order chi connectivity index (χ0) is 13.8. The van der Waals surface area contributed by atoms with Crippen LogP contribution in [0.25, 0.3) is 0 Å². The summed E-state index contributed by atoms with van der Waals surface area (Å²) in [5, 5.41) is 14.4. The number of anilines is 1. The Bertz CT molecular complexity index is 555. The summed E-state index contributed by atoms with van der Waals surface area (Å²) in [5.41, 5.74) is 0.898. The fourth-order valence-electron chi connectivity index (χ4n) is 1.91. The molecule has 98 valence electrons. The van der Waals surface area contributed by atoms with Crippen molar-refractivity contribution in [3.63, 3.8) is 0 Å². The predicted octanol–water partition coefficient (Wildman–Crippen LogP) is 1.79. The van der Waals surface area contributed by atoms with Gasteiger partial charge in [0.15, 0.2) is 0 Å². The number of hydrogen-bond acceptors (Lipinski definition) is 3. The Hall–Kier alpha value is -1.87. The van der Waals surface area contributed by atoms with Crippen molar-refractivity contribution in [2.45, 2.75) is 12.8 Å². The number of nitrogens with one attached hydrogen (secondary N) is 2. The van der Waals surface area contributed by atoms with Gasteiger partial charge in [0.05, 0.1) is 17.2 Å². The van der Waals surface area contributed by atoms with Crippen LogP contribution in [0.4, 0.5) is 5.69 Å². The molecule has 1 aromatic rings. The van der Waals surface area contributed by atoms with Crippen molar-refractivity contribution >= 4 is 33.4 Å². The van der Waals surface area contributed by atoms with Crippen LogP contribution in [0.15, 0.2) is 22.7 Å². The highest BCUT2D eigenvalue weighted by Crippen LogP contribution is 2.22. The van der Waals surface area contributed by atoms with Crippen LogP contribution in [0.1, 0.15) is 18.4 Å². The Morgan fingerprint density at radius 1 is 1.53 bits per heavy atom. The minimum atomic E-state index is -0.243. The van der Waals surface area contributed by atoms with E-state index >= 15 is 0 Å². The van der Waals surface area contributed by atoms with Crippen LogP contribution in [0.2, 0.25) is 0 Å². The maximum atomic E-state index is 12.0. The molecule has 19 heavy (non-hydrogen) atoms. The van der Waals surface area contributed by atoms with Crippen molar-refractivity contribution in [1.29, 1.82) is 5.26 Å². The molecular formula is C13H12BrN3O2. The molecule has 2 amide bonds. The quantitative estimate of drug-likeness (QED) is 0.871. The van der Waals surface area contributed by atoms with Gasteiger partial charge in [-0.2, -0.15) is 5.26 Å². The molecule has 5 nitrogen and oxygen atoms in total. The van der Waals surface area contributed by atoms with E-state index in [0.717, 1.165) is 4.47 Å². The lowest BCUT2D eigenvalue weighted by Gasteiger charge is -2.21. The first-order valence-electron chi connectivity index (χ1n) is 5.87. The molecule has 1 saturated heterocycles. The molecule has 1 atom stereocenters. The van der Waals surface area contributed by atoms with Crippen LogP contribution in [0, 0.1) is 17.2 Å². The summed E-state index contributed by atoms with van der Waals surface area (Å²) in [6, 6.07) is 7.13. The maximum Gasteiger partial charge on any atom is 0.229 e. The van der Waals surface area contributed by atoms with Gasteiger partial charge >= 0.3 is 0 Å². The molecule has 2 rings (SSSR count). The molecule has 0 bridgehead atoms. The number of carbonyl (C=O) groups is 2. The second-order valence-electron chi connectivity index (χ2n) is 4.33. The number of nitrogens with zero attached hydrogens (tertiary/aromatic N) is 1. The fraction of sp³-hybridized carbons (Fsp3) is 0.308. The normalized spacial score (nSPS) is 18.3. The molecule has 1 aromatic carbocycles. The molecule has 0 saturated carbocycles. The number of rotatable bonds is 2. The van der Waals surface area contributed by atoms with Gasteiger partial charge in [-0.3, -0.25) is 9.59 Å². The summed E-state index contributed by atoms with van der Waals surface area (Å²) < 4.78 is 0.784. The highest BCUT2D eigenvalue weighted by atomic mass is 79.9. The average molecular weight is 322 g/mol. The Balaban J connectivity index is 2.07. The van der Waals surface area contributed by atoms with Gasteiger partial charge < -0.3 is 10.6 Å². The van der Waals surface area contributed by atoms with Crippen LogP contribution in [0.5, 0.6) is 0 Å². The Morgan fingerprint density at radius 3 is 2.95 bits per heavy atom. The topological polar surface area (TPSA) is 82.0 Å². The standard InChI is InChI=1S/C13H12BrN3O2/c14-10-2-3-11(9(5-10)6-15)17-13(19)8-1-4-12(18)16-7-8/h2-3,5,8H,1,4,7H2,(H,16,18)(H,17,19). The van der Waals surface area contributed by atoms with Crippen molar-refractivity contribution in [2.24, 2.45) is 5.92 Å². The molecule has 0 aromatic heterocycles. The largest absolute Gasteiger partial charge is 0.355 e. The number of amides is 2. The van der Waals surface area contributed by atoms with E-state index < -0.39 is 0 Å². The lowest BCUT2D eigenvalue weighted by Crippen LogP contribution is -2.40. The third kappa shape index (κ3) is 3.32. The van der Waals surface area contributed by atoms with Crippen LogP contribution < -0.4 is 10.6 Å². The smallest absolute Gasteiger partial charge is 0.229 e. The number of piperidine rings is 1. The number of nitriles is 1. The van der Waals surface area contributed by atoms with Crippen LogP contribution in [-0.4, -0.2) is 18.4 Å². The molecule has 1 aliphatic rings. The van der Waals surface area contributed by atoms with E-state index in [0.29, 0.717) is 30.6 Å². The minimum absolute atomic E-state index is 0.0228. The molecule has 1 heterocycles. The average Bonchev–Trinajstić information content (AvgIpc) is 2.41. The number of carbonyl (C=O) groups excluding carboxylic acids is 2. The minimum Gasteiger partial charge on any atom is -0.355 e. The van der Waals surface area contributed by atoms with Crippen molar-refractivity contribution in [1.82, 2.24) is 5.32 Å².